The lowest BCUT2D eigenvalue weighted by Crippen LogP contribution is -2.42. The molecule has 4 nitrogen and oxygen atoms in total. The van der Waals surface area contributed by atoms with E-state index in [2.05, 4.69) is 5.32 Å². The number of nitrogens with one attached hydrogen (secondary N) is 1. The third kappa shape index (κ3) is 2.85. The summed E-state index contributed by atoms with van der Waals surface area (Å²) < 4.78 is 11.1. The first-order valence-corrected chi connectivity index (χ1v) is 6.91. The molecule has 1 heterocycles. The van der Waals surface area contributed by atoms with Crippen molar-refractivity contribution in [3.05, 3.63) is 23.8 Å². The highest BCUT2D eigenvalue weighted by Crippen LogP contribution is 2.37. The molecule has 4 heteroatoms. The molecule has 1 aliphatic rings. The number of hydrogen-bond acceptors (Lipinski definition) is 4. The van der Waals surface area contributed by atoms with Crippen LogP contribution in [0.15, 0.2) is 18.2 Å². The van der Waals surface area contributed by atoms with E-state index in [1.165, 1.54) is 0 Å². The summed E-state index contributed by atoms with van der Waals surface area (Å²) in [5.41, 5.74) is -0.0287. The summed E-state index contributed by atoms with van der Waals surface area (Å²) in [6.07, 6.45) is 0. The number of likely N-dealkylation sites (N-methyl/N-ethyl adjacent to an activating group) is 1. The van der Waals surface area contributed by atoms with Crippen LogP contribution in [-0.2, 0) is 5.60 Å². The molecule has 0 saturated heterocycles. The molecule has 0 radical (unpaired) electrons. The highest BCUT2D eigenvalue weighted by Gasteiger charge is 2.33. The summed E-state index contributed by atoms with van der Waals surface area (Å²) in [6.45, 7) is 8.58. The number of hydrogen-bond donors (Lipinski definition) is 2. The fourth-order valence-corrected chi connectivity index (χ4v) is 2.27. The maximum absolute atomic E-state index is 10.9. The lowest BCUT2D eigenvalue weighted by Gasteiger charge is -2.34. The predicted octanol–water partition coefficient (Wildman–Crippen LogP) is 1.91. The molecule has 2 rings (SSSR count). The monoisotopic (exact) mass is 265 g/mol. The van der Waals surface area contributed by atoms with Crippen molar-refractivity contribution in [3.8, 4) is 11.5 Å². The second-order valence-electron chi connectivity index (χ2n) is 5.22. The molecule has 1 aromatic carbocycles. The summed E-state index contributed by atoms with van der Waals surface area (Å²) in [6, 6.07) is 5.69. The molecule has 0 bridgehead atoms. The minimum atomic E-state index is -0.897. The quantitative estimate of drug-likeness (QED) is 0.854. The van der Waals surface area contributed by atoms with E-state index in [4.69, 9.17) is 9.47 Å². The van der Waals surface area contributed by atoms with Crippen LogP contribution in [-0.4, -0.2) is 31.4 Å². The molecule has 0 saturated carbocycles. The molecule has 1 atom stereocenters. The average molecular weight is 265 g/mol. The predicted molar refractivity (Wildman–Crippen MR) is 74.7 cm³/mol. The van der Waals surface area contributed by atoms with Gasteiger partial charge < -0.3 is 19.9 Å². The third-order valence-corrected chi connectivity index (χ3v) is 3.64. The molecular formula is C15H23NO3. The fourth-order valence-electron chi connectivity index (χ4n) is 2.27. The van der Waals surface area contributed by atoms with Gasteiger partial charge in [0, 0.05) is 6.54 Å². The number of benzene rings is 1. The first-order valence-electron chi connectivity index (χ1n) is 6.91. The first kappa shape index (κ1) is 14.2. The van der Waals surface area contributed by atoms with E-state index in [0.717, 1.165) is 23.6 Å². The van der Waals surface area contributed by atoms with Crippen LogP contribution in [0.25, 0.3) is 0 Å². The normalized spacial score (nSPS) is 17.3. The zero-order valence-corrected chi connectivity index (χ0v) is 11.9. The highest BCUT2D eigenvalue weighted by atomic mass is 16.6. The zero-order valence-electron chi connectivity index (χ0n) is 11.9. The number of ether oxygens (including phenoxy) is 2. The maximum Gasteiger partial charge on any atom is 0.161 e. The van der Waals surface area contributed by atoms with Crippen LogP contribution in [0, 0.1) is 5.92 Å². The molecule has 0 spiro atoms. The van der Waals surface area contributed by atoms with Crippen molar-refractivity contribution < 1.29 is 14.6 Å². The van der Waals surface area contributed by atoms with Crippen molar-refractivity contribution in [2.75, 3.05) is 26.3 Å². The van der Waals surface area contributed by atoms with E-state index >= 15 is 0 Å². The Kier molecular flexibility index (Phi) is 4.32. The number of aliphatic hydroxyl groups is 1. The van der Waals surface area contributed by atoms with Gasteiger partial charge in [0.25, 0.3) is 0 Å². The summed E-state index contributed by atoms with van der Waals surface area (Å²) in [7, 11) is 0. The van der Waals surface area contributed by atoms with Gasteiger partial charge in [-0.25, -0.2) is 0 Å². The van der Waals surface area contributed by atoms with Crippen LogP contribution in [0.3, 0.4) is 0 Å². The molecular weight excluding hydrogens is 242 g/mol. The molecule has 0 amide bonds. The van der Waals surface area contributed by atoms with Gasteiger partial charge in [-0.2, -0.15) is 0 Å². The number of rotatable bonds is 5. The van der Waals surface area contributed by atoms with Gasteiger partial charge in [-0.3, -0.25) is 0 Å². The van der Waals surface area contributed by atoms with E-state index < -0.39 is 5.60 Å². The van der Waals surface area contributed by atoms with E-state index in [1.54, 1.807) is 0 Å². The summed E-state index contributed by atoms with van der Waals surface area (Å²) in [4.78, 5) is 0. The molecule has 1 aromatic rings. The summed E-state index contributed by atoms with van der Waals surface area (Å²) in [5.74, 6) is 1.58. The minimum absolute atomic E-state index is 0.106. The highest BCUT2D eigenvalue weighted by molar-refractivity contribution is 5.45. The molecule has 1 unspecified atom stereocenters. The smallest absolute Gasteiger partial charge is 0.161 e. The molecule has 1 aliphatic heterocycles. The average Bonchev–Trinajstić information content (AvgIpc) is 2.44. The summed E-state index contributed by atoms with van der Waals surface area (Å²) in [5, 5.41) is 14.2. The van der Waals surface area contributed by atoms with Gasteiger partial charge in [0.1, 0.15) is 18.8 Å². The molecule has 106 valence electrons. The van der Waals surface area contributed by atoms with E-state index in [9.17, 15) is 5.11 Å². The molecule has 2 N–H and O–H groups in total. The Balaban J connectivity index is 2.31. The topological polar surface area (TPSA) is 50.7 Å². The standard InChI is InChI=1S/C15H23NO3/c1-4-16-10-15(17,11(2)3)12-5-6-13-14(9-12)19-8-7-18-13/h5-6,9,11,16-17H,4,7-8,10H2,1-3H3. The van der Waals surface area contributed by atoms with Crippen molar-refractivity contribution in [1.29, 1.82) is 0 Å². The van der Waals surface area contributed by atoms with Crippen LogP contribution in [0.4, 0.5) is 0 Å². The van der Waals surface area contributed by atoms with Crippen molar-refractivity contribution in [1.82, 2.24) is 5.32 Å². The molecule has 19 heavy (non-hydrogen) atoms. The van der Waals surface area contributed by atoms with Crippen molar-refractivity contribution in [2.45, 2.75) is 26.4 Å². The van der Waals surface area contributed by atoms with Crippen LogP contribution < -0.4 is 14.8 Å². The molecule has 0 fully saturated rings. The van der Waals surface area contributed by atoms with Crippen molar-refractivity contribution in [3.63, 3.8) is 0 Å². The Morgan fingerprint density at radius 1 is 1.26 bits per heavy atom. The van der Waals surface area contributed by atoms with Gasteiger partial charge >= 0.3 is 0 Å². The second kappa shape index (κ2) is 5.80. The lowest BCUT2D eigenvalue weighted by molar-refractivity contribution is -0.00914. The maximum atomic E-state index is 10.9. The fraction of sp³-hybridized carbons (Fsp3) is 0.600. The van der Waals surface area contributed by atoms with Crippen LogP contribution in [0.2, 0.25) is 0 Å². The Hall–Kier alpha value is -1.26. The van der Waals surface area contributed by atoms with E-state index in [0.29, 0.717) is 19.8 Å². The lowest BCUT2D eigenvalue weighted by atomic mass is 9.83. The molecule has 0 aromatic heterocycles. The van der Waals surface area contributed by atoms with Crippen molar-refractivity contribution >= 4 is 0 Å². The van der Waals surface area contributed by atoms with Crippen LogP contribution >= 0.6 is 0 Å². The summed E-state index contributed by atoms with van der Waals surface area (Å²) >= 11 is 0. The third-order valence-electron chi connectivity index (χ3n) is 3.64. The van der Waals surface area contributed by atoms with Crippen LogP contribution in [0.5, 0.6) is 11.5 Å². The first-order chi connectivity index (χ1) is 9.08. The van der Waals surface area contributed by atoms with Gasteiger partial charge in [0.2, 0.25) is 0 Å². The van der Waals surface area contributed by atoms with Gasteiger partial charge in [0.15, 0.2) is 11.5 Å². The van der Waals surface area contributed by atoms with E-state index in [1.807, 2.05) is 39.0 Å². The zero-order chi connectivity index (χ0) is 13.9. The Bertz CT molecular complexity index is 433. The van der Waals surface area contributed by atoms with Gasteiger partial charge in [-0.15, -0.1) is 0 Å². The van der Waals surface area contributed by atoms with Gasteiger partial charge in [0.05, 0.1) is 0 Å². The molecule has 0 aliphatic carbocycles. The van der Waals surface area contributed by atoms with E-state index in [-0.39, 0.29) is 5.92 Å². The largest absolute Gasteiger partial charge is 0.486 e. The SMILES string of the molecule is CCNCC(O)(c1ccc2c(c1)OCCO2)C(C)C. The van der Waals surface area contributed by atoms with Crippen LogP contribution in [0.1, 0.15) is 26.3 Å². The van der Waals surface area contributed by atoms with Crippen molar-refractivity contribution in [2.24, 2.45) is 5.92 Å². The van der Waals surface area contributed by atoms with Gasteiger partial charge in [-0.1, -0.05) is 26.8 Å². The Labute approximate surface area is 114 Å². The second-order valence-corrected chi connectivity index (χ2v) is 5.22. The minimum Gasteiger partial charge on any atom is -0.486 e. The Morgan fingerprint density at radius 2 is 1.95 bits per heavy atom. The van der Waals surface area contributed by atoms with Gasteiger partial charge in [-0.05, 0) is 30.2 Å². The number of fused-ring (bicyclic) bond motifs is 1. The Morgan fingerprint density at radius 3 is 2.58 bits per heavy atom.